The van der Waals surface area contributed by atoms with Gasteiger partial charge in [0.1, 0.15) is 12.0 Å². The molecule has 1 saturated heterocycles. The average molecular weight is 414 g/mol. The number of anilines is 1. The van der Waals surface area contributed by atoms with Crippen molar-refractivity contribution in [2.45, 2.75) is 32.2 Å². The molecule has 1 aromatic heterocycles. The van der Waals surface area contributed by atoms with Crippen LogP contribution in [0.4, 0.5) is 5.69 Å². The molecule has 2 aromatic rings. The van der Waals surface area contributed by atoms with Crippen LogP contribution in [0.2, 0.25) is 0 Å². The average Bonchev–Trinajstić information content (AvgIpc) is 3.02. The maximum Gasteiger partial charge on any atom is 0.337 e. The van der Waals surface area contributed by atoms with Gasteiger partial charge in [0, 0.05) is 11.8 Å². The Labute approximate surface area is 174 Å². The van der Waals surface area contributed by atoms with E-state index in [9.17, 15) is 14.4 Å². The van der Waals surface area contributed by atoms with Gasteiger partial charge in [-0.15, -0.1) is 0 Å². The van der Waals surface area contributed by atoms with Crippen LogP contribution in [0.15, 0.2) is 45.8 Å². The third-order valence-electron chi connectivity index (χ3n) is 4.88. The fourth-order valence-corrected chi connectivity index (χ4v) is 3.29. The highest BCUT2D eigenvalue weighted by Gasteiger charge is 2.13. The molecule has 1 aliphatic heterocycles. The van der Waals surface area contributed by atoms with Crippen molar-refractivity contribution in [2.75, 3.05) is 32.1 Å². The molecule has 0 spiro atoms. The predicted octanol–water partition coefficient (Wildman–Crippen LogP) is 2.82. The van der Waals surface area contributed by atoms with Gasteiger partial charge in [-0.1, -0.05) is 12.8 Å². The van der Waals surface area contributed by atoms with Crippen molar-refractivity contribution in [3.8, 4) is 5.75 Å². The molecule has 1 aliphatic rings. The van der Waals surface area contributed by atoms with Crippen molar-refractivity contribution in [1.82, 2.24) is 4.90 Å². The van der Waals surface area contributed by atoms with Crippen LogP contribution >= 0.6 is 0 Å². The summed E-state index contributed by atoms with van der Waals surface area (Å²) in [6.45, 7) is 2.26. The fourth-order valence-electron chi connectivity index (χ4n) is 3.29. The van der Waals surface area contributed by atoms with E-state index < -0.39 is 11.9 Å². The minimum absolute atomic E-state index is 0.00851. The maximum absolute atomic E-state index is 12.3. The maximum atomic E-state index is 12.3. The van der Waals surface area contributed by atoms with E-state index in [1.54, 1.807) is 24.3 Å². The van der Waals surface area contributed by atoms with Crippen LogP contribution in [0.3, 0.4) is 0 Å². The third-order valence-corrected chi connectivity index (χ3v) is 4.88. The molecular formula is C22H26N2O6. The Morgan fingerprint density at radius 2 is 1.80 bits per heavy atom. The van der Waals surface area contributed by atoms with Crippen molar-refractivity contribution in [3.05, 3.63) is 58.1 Å². The number of carbonyl (C=O) groups is 2. The second-order valence-electron chi connectivity index (χ2n) is 7.17. The van der Waals surface area contributed by atoms with Gasteiger partial charge in [0.2, 0.25) is 11.2 Å². The molecule has 8 nitrogen and oxygen atoms in total. The largest absolute Gasteiger partial charge is 0.477 e. The molecular weight excluding hydrogens is 388 g/mol. The lowest BCUT2D eigenvalue weighted by Gasteiger charge is -2.18. The number of nitrogens with one attached hydrogen (secondary N) is 1. The second-order valence-corrected chi connectivity index (χ2v) is 7.17. The minimum Gasteiger partial charge on any atom is -0.477 e. The Morgan fingerprint density at radius 3 is 2.43 bits per heavy atom. The zero-order valence-corrected chi connectivity index (χ0v) is 17.0. The number of hydrogen-bond donors (Lipinski definition) is 1. The molecule has 30 heavy (non-hydrogen) atoms. The summed E-state index contributed by atoms with van der Waals surface area (Å²) in [7, 11) is 1.30. The van der Waals surface area contributed by atoms with Crippen molar-refractivity contribution in [2.24, 2.45) is 0 Å². The van der Waals surface area contributed by atoms with Gasteiger partial charge in [-0.3, -0.25) is 14.5 Å². The van der Waals surface area contributed by atoms with Crippen LogP contribution in [0.1, 0.15) is 41.8 Å². The molecule has 0 radical (unpaired) electrons. The minimum atomic E-state index is -0.456. The van der Waals surface area contributed by atoms with E-state index in [0.29, 0.717) is 23.6 Å². The molecule has 0 bridgehead atoms. The molecule has 1 fully saturated rings. The number of hydrogen-bond acceptors (Lipinski definition) is 7. The highest BCUT2D eigenvalue weighted by molar-refractivity contribution is 5.93. The molecule has 8 heteroatoms. The van der Waals surface area contributed by atoms with Crippen molar-refractivity contribution >= 4 is 17.6 Å². The van der Waals surface area contributed by atoms with Crippen LogP contribution in [0.25, 0.3) is 0 Å². The number of rotatable bonds is 7. The lowest BCUT2D eigenvalue weighted by atomic mass is 10.2. The van der Waals surface area contributed by atoms with Crippen LogP contribution in [0, 0.1) is 0 Å². The number of likely N-dealkylation sites (tertiary alicyclic amines) is 1. The van der Waals surface area contributed by atoms with Gasteiger partial charge in [0.05, 0.1) is 19.2 Å². The van der Waals surface area contributed by atoms with E-state index in [1.807, 2.05) is 0 Å². The Balaban J connectivity index is 1.50. The van der Waals surface area contributed by atoms with E-state index in [2.05, 4.69) is 15.0 Å². The molecule has 1 amide bonds. The summed E-state index contributed by atoms with van der Waals surface area (Å²) < 4.78 is 15.5. The summed E-state index contributed by atoms with van der Waals surface area (Å²) in [5, 5.41) is 2.63. The molecule has 0 saturated carbocycles. The smallest absolute Gasteiger partial charge is 0.337 e. The molecule has 3 rings (SSSR count). The first-order valence-corrected chi connectivity index (χ1v) is 10.0. The molecule has 2 heterocycles. The fraction of sp³-hybridized carbons (Fsp3) is 0.409. The quantitative estimate of drug-likeness (QED) is 0.696. The summed E-state index contributed by atoms with van der Waals surface area (Å²) in [6, 6.07) is 7.66. The summed E-state index contributed by atoms with van der Waals surface area (Å²) in [5.74, 6) is -0.314. The number of carbonyl (C=O) groups excluding carboxylic acids is 2. The van der Waals surface area contributed by atoms with Crippen LogP contribution in [-0.4, -0.2) is 43.6 Å². The summed E-state index contributed by atoms with van der Waals surface area (Å²) in [4.78, 5) is 38.0. The first kappa shape index (κ1) is 21.6. The van der Waals surface area contributed by atoms with Gasteiger partial charge in [0.15, 0.2) is 6.61 Å². The predicted molar refractivity (Wildman–Crippen MR) is 111 cm³/mol. The van der Waals surface area contributed by atoms with Crippen LogP contribution in [-0.2, 0) is 16.1 Å². The Morgan fingerprint density at radius 1 is 1.10 bits per heavy atom. The molecule has 0 atom stereocenters. The standard InChI is InChI=1S/C22H26N2O6/c1-28-22(27)16-6-8-17(9-7-16)23-21(26)15-30-20-14-29-18(12-19(20)25)13-24-10-4-2-3-5-11-24/h6-9,12,14H,2-5,10-11,13,15H2,1H3,(H,23,26). The van der Waals surface area contributed by atoms with Gasteiger partial charge >= 0.3 is 5.97 Å². The number of amides is 1. The first-order chi connectivity index (χ1) is 14.5. The van der Waals surface area contributed by atoms with Crippen molar-refractivity contribution < 1.29 is 23.5 Å². The van der Waals surface area contributed by atoms with E-state index in [-0.39, 0.29) is 17.8 Å². The lowest BCUT2D eigenvalue weighted by molar-refractivity contribution is -0.118. The number of benzene rings is 1. The Hall–Kier alpha value is -3.13. The highest BCUT2D eigenvalue weighted by atomic mass is 16.5. The Kier molecular flexibility index (Phi) is 7.62. The zero-order chi connectivity index (χ0) is 21.3. The molecule has 0 unspecified atom stereocenters. The van der Waals surface area contributed by atoms with E-state index >= 15 is 0 Å². The van der Waals surface area contributed by atoms with E-state index in [4.69, 9.17) is 9.15 Å². The molecule has 1 aromatic carbocycles. The summed E-state index contributed by atoms with van der Waals surface area (Å²) >= 11 is 0. The number of methoxy groups -OCH3 is 1. The van der Waals surface area contributed by atoms with Crippen molar-refractivity contribution in [1.29, 1.82) is 0 Å². The van der Waals surface area contributed by atoms with E-state index in [0.717, 1.165) is 25.9 Å². The van der Waals surface area contributed by atoms with E-state index in [1.165, 1.54) is 32.3 Å². The molecule has 0 aliphatic carbocycles. The van der Waals surface area contributed by atoms with Crippen LogP contribution < -0.4 is 15.5 Å². The SMILES string of the molecule is COC(=O)c1ccc(NC(=O)COc2coc(CN3CCCCCC3)cc2=O)cc1. The lowest BCUT2D eigenvalue weighted by Crippen LogP contribution is -2.25. The van der Waals surface area contributed by atoms with Gasteiger partial charge in [-0.2, -0.15) is 0 Å². The topological polar surface area (TPSA) is 98.1 Å². The molecule has 160 valence electrons. The van der Waals surface area contributed by atoms with Crippen molar-refractivity contribution in [3.63, 3.8) is 0 Å². The second kappa shape index (κ2) is 10.6. The van der Waals surface area contributed by atoms with Gasteiger partial charge in [-0.05, 0) is 50.2 Å². The highest BCUT2D eigenvalue weighted by Crippen LogP contribution is 2.14. The number of esters is 1. The first-order valence-electron chi connectivity index (χ1n) is 10.0. The van der Waals surface area contributed by atoms with Gasteiger partial charge in [-0.25, -0.2) is 4.79 Å². The van der Waals surface area contributed by atoms with Gasteiger partial charge in [0.25, 0.3) is 5.91 Å². The third kappa shape index (κ3) is 6.18. The summed E-state index contributed by atoms with van der Waals surface area (Å²) in [6.07, 6.45) is 6.06. The monoisotopic (exact) mass is 414 g/mol. The van der Waals surface area contributed by atoms with Crippen LogP contribution in [0.5, 0.6) is 5.75 Å². The zero-order valence-electron chi connectivity index (χ0n) is 17.0. The normalized spacial score (nSPS) is 14.6. The van der Waals surface area contributed by atoms with Gasteiger partial charge < -0.3 is 19.2 Å². The molecule has 1 N–H and O–H groups in total. The number of ether oxygens (including phenoxy) is 2. The number of nitrogens with zero attached hydrogens (tertiary/aromatic N) is 1. The Bertz CT molecular complexity index is 914. The summed E-state index contributed by atoms with van der Waals surface area (Å²) in [5.41, 5.74) is 0.557.